The molecule has 2 aromatic heterocycles. The lowest BCUT2D eigenvalue weighted by atomic mass is 9.96. The minimum absolute atomic E-state index is 0.0222. The number of hydrogen-bond acceptors (Lipinski definition) is 12. The third-order valence-electron chi connectivity index (χ3n) is 5.38. The molecule has 2 aliphatic rings. The molecule has 0 bridgehead atoms. The van der Waals surface area contributed by atoms with E-state index in [0.717, 1.165) is 11.8 Å². The number of carbonyl (C=O) groups excluding carboxylic acids is 2. The maximum Gasteiger partial charge on any atom is 0.509 e. The van der Waals surface area contributed by atoms with Gasteiger partial charge in [0.05, 0.1) is 25.9 Å². The fourth-order valence-corrected chi connectivity index (χ4v) is 5.54. The van der Waals surface area contributed by atoms with E-state index in [4.69, 9.17) is 23.3 Å². The van der Waals surface area contributed by atoms with Crippen molar-refractivity contribution >= 4 is 41.9 Å². The lowest BCUT2D eigenvalue weighted by molar-refractivity contribution is -0.109. The van der Waals surface area contributed by atoms with Crippen LogP contribution >= 0.6 is 19.5 Å². The van der Waals surface area contributed by atoms with Crippen LogP contribution in [0.5, 0.6) is 0 Å². The van der Waals surface area contributed by atoms with Gasteiger partial charge in [0.2, 0.25) is 0 Å². The van der Waals surface area contributed by atoms with Crippen LogP contribution in [-0.2, 0) is 32.6 Å². The quantitative estimate of drug-likeness (QED) is 0.288. The van der Waals surface area contributed by atoms with Gasteiger partial charge in [-0.05, 0) is 21.0 Å². The molecule has 34 heavy (non-hydrogen) atoms. The minimum atomic E-state index is -3.73. The lowest BCUT2D eigenvalue weighted by Crippen LogP contribution is -2.42. The molecule has 0 saturated carbocycles. The summed E-state index contributed by atoms with van der Waals surface area (Å²) in [6.07, 6.45) is -1.06. The number of H-pyrrole nitrogens is 1. The van der Waals surface area contributed by atoms with Gasteiger partial charge in [0.15, 0.2) is 34.2 Å². The summed E-state index contributed by atoms with van der Waals surface area (Å²) in [6, 6.07) is 0. The van der Waals surface area contributed by atoms with Crippen LogP contribution in [0.15, 0.2) is 17.4 Å². The fourth-order valence-electron chi connectivity index (χ4n) is 3.77. The number of hydrogen-bond donors (Lipinski definition) is 1. The number of aromatic amines is 1. The SMILES string of the molecule is CC(=O)SCCOP(=O)(OC[C@H]1O[C@@H](n2cnc3c(=O)[nH]cnc32)[C@@]2(C)OC(=O)OC12)N(C)C. The third kappa shape index (κ3) is 4.51. The van der Waals surface area contributed by atoms with E-state index in [1.54, 1.807) is 6.92 Å². The molecule has 1 N–H and O–H groups in total. The molecular weight excluding hydrogens is 493 g/mol. The van der Waals surface area contributed by atoms with E-state index >= 15 is 0 Å². The van der Waals surface area contributed by atoms with Crippen LogP contribution in [-0.4, -0.2) is 86.3 Å². The molecule has 14 nitrogen and oxygen atoms in total. The van der Waals surface area contributed by atoms with Crippen molar-refractivity contribution in [2.24, 2.45) is 0 Å². The highest BCUT2D eigenvalue weighted by atomic mass is 32.2. The Labute approximate surface area is 197 Å². The van der Waals surface area contributed by atoms with Crippen LogP contribution in [0.3, 0.4) is 0 Å². The number of fused-ring (bicyclic) bond motifs is 2. The van der Waals surface area contributed by atoms with Crippen molar-refractivity contribution in [2.75, 3.05) is 33.1 Å². The first-order chi connectivity index (χ1) is 16.0. The normalized spacial score (nSPS) is 28.0. The Hall–Kier alpha value is -2.29. The van der Waals surface area contributed by atoms with E-state index in [-0.39, 0.29) is 29.5 Å². The fraction of sp³-hybridized carbons (Fsp3) is 0.611. The molecule has 4 heterocycles. The lowest BCUT2D eigenvalue weighted by Gasteiger charge is -2.26. The topological polar surface area (TPSA) is 164 Å². The molecule has 4 rings (SSSR count). The highest BCUT2D eigenvalue weighted by Crippen LogP contribution is 2.52. The highest BCUT2D eigenvalue weighted by molar-refractivity contribution is 8.13. The molecular formula is C18H24N5O9PS. The van der Waals surface area contributed by atoms with Gasteiger partial charge >= 0.3 is 13.9 Å². The average Bonchev–Trinajstić information content (AvgIpc) is 3.39. The van der Waals surface area contributed by atoms with E-state index in [1.807, 2.05) is 0 Å². The van der Waals surface area contributed by atoms with E-state index in [9.17, 15) is 18.9 Å². The van der Waals surface area contributed by atoms with E-state index in [2.05, 4.69) is 15.0 Å². The van der Waals surface area contributed by atoms with Crippen LogP contribution in [0.25, 0.3) is 11.2 Å². The minimum Gasteiger partial charge on any atom is -0.424 e. The zero-order valence-corrected chi connectivity index (χ0v) is 20.5. The Balaban J connectivity index is 1.54. The van der Waals surface area contributed by atoms with Crippen molar-refractivity contribution in [2.45, 2.75) is 37.9 Å². The molecule has 186 valence electrons. The summed E-state index contributed by atoms with van der Waals surface area (Å²) in [6.45, 7) is 2.81. The summed E-state index contributed by atoms with van der Waals surface area (Å²) >= 11 is 1.04. The summed E-state index contributed by atoms with van der Waals surface area (Å²) in [5.41, 5.74) is -1.42. The number of nitrogens with one attached hydrogen (secondary N) is 1. The molecule has 2 aliphatic heterocycles. The van der Waals surface area contributed by atoms with Crippen LogP contribution in [0.2, 0.25) is 0 Å². The molecule has 0 spiro atoms. The van der Waals surface area contributed by atoms with Gasteiger partial charge in [0.25, 0.3) is 5.56 Å². The predicted molar refractivity (Wildman–Crippen MR) is 118 cm³/mol. The van der Waals surface area contributed by atoms with Gasteiger partial charge in [0, 0.05) is 12.7 Å². The monoisotopic (exact) mass is 517 g/mol. The smallest absolute Gasteiger partial charge is 0.424 e. The molecule has 2 unspecified atom stereocenters. The largest absolute Gasteiger partial charge is 0.509 e. The first-order valence-corrected chi connectivity index (χ1v) is 12.7. The molecule has 5 atom stereocenters. The number of carbonyl (C=O) groups is 2. The molecule has 0 aliphatic carbocycles. The van der Waals surface area contributed by atoms with Gasteiger partial charge in [-0.1, -0.05) is 11.8 Å². The van der Waals surface area contributed by atoms with Crippen LogP contribution < -0.4 is 5.56 Å². The van der Waals surface area contributed by atoms with Crippen LogP contribution in [0, 0.1) is 0 Å². The van der Waals surface area contributed by atoms with Crippen molar-refractivity contribution in [3.8, 4) is 0 Å². The number of aromatic nitrogens is 4. The van der Waals surface area contributed by atoms with Crippen molar-refractivity contribution in [3.05, 3.63) is 23.0 Å². The molecule has 16 heteroatoms. The molecule has 2 fully saturated rings. The van der Waals surface area contributed by atoms with Gasteiger partial charge < -0.3 is 19.2 Å². The molecule has 0 amide bonds. The van der Waals surface area contributed by atoms with Crippen molar-refractivity contribution in [1.82, 2.24) is 24.2 Å². The Morgan fingerprint density at radius 3 is 2.82 bits per heavy atom. The van der Waals surface area contributed by atoms with Gasteiger partial charge in [-0.2, -0.15) is 0 Å². The van der Waals surface area contributed by atoms with E-state index in [1.165, 1.54) is 42.9 Å². The molecule has 2 saturated heterocycles. The number of imidazole rings is 1. The van der Waals surface area contributed by atoms with Crippen LogP contribution in [0.1, 0.15) is 20.1 Å². The zero-order valence-electron chi connectivity index (χ0n) is 18.8. The Morgan fingerprint density at radius 2 is 2.12 bits per heavy atom. The summed E-state index contributed by atoms with van der Waals surface area (Å²) in [4.78, 5) is 45.8. The summed E-state index contributed by atoms with van der Waals surface area (Å²) < 4.78 is 44.0. The number of thioether (sulfide) groups is 1. The standard InChI is InChI=1S/C18H24N5O9PS/c1-10(24)34-6-5-28-33(27,22(3)4)29-7-11-13-18(2,32-17(26)31-13)16(30-11)23-9-21-12-14(23)19-8-20-15(12)25/h8-9,11,13,16H,5-7H2,1-4H3,(H,19,20,25)/t11-,13?,16-,18+,33?/m1/s1. The maximum atomic E-state index is 13.2. The first kappa shape index (κ1) is 24.8. The third-order valence-corrected chi connectivity index (χ3v) is 8.12. The van der Waals surface area contributed by atoms with E-state index in [0.29, 0.717) is 5.75 Å². The average molecular weight is 517 g/mol. The second-order valence-electron chi connectivity index (χ2n) is 7.94. The van der Waals surface area contributed by atoms with Gasteiger partial charge in [-0.25, -0.2) is 24.0 Å². The van der Waals surface area contributed by atoms with E-state index < -0.39 is 43.5 Å². The highest BCUT2D eigenvalue weighted by Gasteiger charge is 2.64. The summed E-state index contributed by atoms with van der Waals surface area (Å²) in [5.74, 6) is 0.310. The van der Waals surface area contributed by atoms with Crippen molar-refractivity contribution < 1.29 is 37.4 Å². The zero-order chi connectivity index (χ0) is 24.7. The van der Waals surface area contributed by atoms with Gasteiger partial charge in [-0.15, -0.1) is 0 Å². The number of nitrogens with zero attached hydrogens (tertiary/aromatic N) is 4. The summed E-state index contributed by atoms with van der Waals surface area (Å²) in [5, 5.41) is -0.0829. The first-order valence-electron chi connectivity index (χ1n) is 10.2. The molecule has 0 aromatic carbocycles. The maximum absolute atomic E-state index is 13.2. The van der Waals surface area contributed by atoms with Gasteiger partial charge in [0.1, 0.15) is 6.10 Å². The Kier molecular flexibility index (Phi) is 6.86. The van der Waals surface area contributed by atoms with Crippen LogP contribution in [0.4, 0.5) is 4.79 Å². The second-order valence-corrected chi connectivity index (χ2v) is 11.5. The van der Waals surface area contributed by atoms with Crippen molar-refractivity contribution in [1.29, 1.82) is 0 Å². The van der Waals surface area contributed by atoms with Crippen molar-refractivity contribution in [3.63, 3.8) is 0 Å². The summed E-state index contributed by atoms with van der Waals surface area (Å²) in [7, 11) is -0.675. The Bertz CT molecular complexity index is 1200. The molecule has 2 aromatic rings. The van der Waals surface area contributed by atoms with Gasteiger partial charge in [-0.3, -0.25) is 23.2 Å². The number of ether oxygens (including phenoxy) is 3. The Morgan fingerprint density at radius 1 is 1.35 bits per heavy atom. The molecule has 0 radical (unpaired) electrons. The second kappa shape index (κ2) is 9.40. The number of rotatable bonds is 9. The predicted octanol–water partition coefficient (Wildman–Crippen LogP) is 1.29.